The van der Waals surface area contributed by atoms with Gasteiger partial charge >= 0.3 is 0 Å². The molecule has 0 bridgehead atoms. The Morgan fingerprint density at radius 3 is 2.44 bits per heavy atom. The molecule has 4 nitrogen and oxygen atoms in total. The molecule has 1 saturated carbocycles. The lowest BCUT2D eigenvalue weighted by molar-refractivity contribution is 0.342. The maximum atomic E-state index is 11.2. The first-order valence-electron chi connectivity index (χ1n) is 6.26. The summed E-state index contributed by atoms with van der Waals surface area (Å²) in [4.78, 5) is 0. The summed E-state index contributed by atoms with van der Waals surface area (Å²) in [6.45, 7) is 2.02. The Morgan fingerprint density at radius 1 is 1.31 bits per heavy atom. The molecule has 0 amide bonds. The fourth-order valence-corrected chi connectivity index (χ4v) is 3.07. The molecule has 0 aromatic carbocycles. The summed E-state index contributed by atoms with van der Waals surface area (Å²) < 4.78 is 31.6. The van der Waals surface area contributed by atoms with Gasteiger partial charge in [-0.25, -0.2) is 0 Å². The zero-order chi connectivity index (χ0) is 12.0. The van der Waals surface area contributed by atoms with Crippen LogP contribution in [0, 0.1) is 0 Å². The molecule has 96 valence electrons. The highest BCUT2D eigenvalue weighted by molar-refractivity contribution is 7.86. The maximum absolute atomic E-state index is 11.2. The van der Waals surface area contributed by atoms with Gasteiger partial charge in [0.05, 0.1) is 0 Å². The SMILES string of the molecule is CCCCC(NC1CCCCC1)S(=O)(=O)O. The molecule has 0 aromatic rings. The smallest absolute Gasteiger partial charge is 0.281 e. The van der Waals surface area contributed by atoms with Crippen LogP contribution in [0.3, 0.4) is 0 Å². The summed E-state index contributed by atoms with van der Waals surface area (Å²) >= 11 is 0. The van der Waals surface area contributed by atoms with E-state index in [-0.39, 0.29) is 6.04 Å². The molecule has 1 rings (SSSR count). The van der Waals surface area contributed by atoms with E-state index in [0.29, 0.717) is 6.42 Å². The molecule has 2 N–H and O–H groups in total. The molecule has 1 aliphatic rings. The van der Waals surface area contributed by atoms with Gasteiger partial charge in [0.15, 0.2) is 0 Å². The molecule has 1 atom stereocenters. The van der Waals surface area contributed by atoms with E-state index in [9.17, 15) is 8.42 Å². The molecule has 16 heavy (non-hydrogen) atoms. The predicted molar refractivity (Wildman–Crippen MR) is 64.9 cm³/mol. The van der Waals surface area contributed by atoms with Gasteiger partial charge in [-0.3, -0.25) is 9.87 Å². The van der Waals surface area contributed by atoms with Gasteiger partial charge in [0, 0.05) is 6.04 Å². The Labute approximate surface area is 98.6 Å². The van der Waals surface area contributed by atoms with Crippen molar-refractivity contribution >= 4 is 10.1 Å². The molecule has 0 spiro atoms. The van der Waals surface area contributed by atoms with Crippen molar-refractivity contribution in [3.05, 3.63) is 0 Å². The highest BCUT2D eigenvalue weighted by Gasteiger charge is 2.25. The van der Waals surface area contributed by atoms with E-state index in [4.69, 9.17) is 4.55 Å². The summed E-state index contributed by atoms with van der Waals surface area (Å²) in [6, 6.07) is 0.262. The molecular formula is C11H23NO3S. The van der Waals surface area contributed by atoms with Gasteiger partial charge in [0.25, 0.3) is 10.1 Å². The number of unbranched alkanes of at least 4 members (excludes halogenated alkanes) is 1. The molecule has 1 fully saturated rings. The van der Waals surface area contributed by atoms with E-state index in [1.54, 1.807) is 0 Å². The largest absolute Gasteiger partial charge is 0.296 e. The van der Waals surface area contributed by atoms with Crippen molar-refractivity contribution in [1.29, 1.82) is 0 Å². The summed E-state index contributed by atoms with van der Waals surface area (Å²) in [7, 11) is -3.95. The van der Waals surface area contributed by atoms with Crippen LogP contribution in [0.5, 0.6) is 0 Å². The van der Waals surface area contributed by atoms with E-state index in [1.807, 2.05) is 6.92 Å². The summed E-state index contributed by atoms with van der Waals surface area (Å²) in [5.74, 6) is 0. The van der Waals surface area contributed by atoms with Gasteiger partial charge in [-0.1, -0.05) is 39.0 Å². The Hall–Kier alpha value is -0.130. The fraction of sp³-hybridized carbons (Fsp3) is 1.00. The maximum Gasteiger partial charge on any atom is 0.281 e. The summed E-state index contributed by atoms with van der Waals surface area (Å²) in [5.41, 5.74) is 0. The molecule has 0 aromatic heterocycles. The normalized spacial score (nSPS) is 20.9. The van der Waals surface area contributed by atoms with Crippen molar-refractivity contribution in [1.82, 2.24) is 5.32 Å². The van der Waals surface area contributed by atoms with Gasteiger partial charge in [-0.15, -0.1) is 0 Å². The van der Waals surface area contributed by atoms with Crippen LogP contribution >= 0.6 is 0 Å². The highest BCUT2D eigenvalue weighted by atomic mass is 32.2. The predicted octanol–water partition coefficient (Wildman–Crippen LogP) is 2.31. The van der Waals surface area contributed by atoms with Crippen molar-refractivity contribution in [3.8, 4) is 0 Å². The molecule has 0 aliphatic heterocycles. The minimum atomic E-state index is -3.95. The van der Waals surface area contributed by atoms with Crippen LogP contribution in [-0.4, -0.2) is 24.4 Å². The Bertz CT molecular complexity index is 284. The van der Waals surface area contributed by atoms with E-state index in [0.717, 1.165) is 38.5 Å². The van der Waals surface area contributed by atoms with Crippen LogP contribution in [0.25, 0.3) is 0 Å². The minimum absolute atomic E-state index is 0.262. The minimum Gasteiger partial charge on any atom is -0.296 e. The molecule has 0 radical (unpaired) electrons. The summed E-state index contributed by atoms with van der Waals surface area (Å²) in [6.07, 6.45) is 7.88. The van der Waals surface area contributed by atoms with Gasteiger partial charge in [0.1, 0.15) is 5.37 Å². The molecule has 1 aliphatic carbocycles. The second-order valence-corrected chi connectivity index (χ2v) is 6.25. The van der Waals surface area contributed by atoms with Crippen molar-refractivity contribution in [2.24, 2.45) is 0 Å². The van der Waals surface area contributed by atoms with Crippen molar-refractivity contribution in [3.63, 3.8) is 0 Å². The van der Waals surface area contributed by atoms with Crippen LogP contribution in [0.15, 0.2) is 0 Å². The molecule has 1 unspecified atom stereocenters. The van der Waals surface area contributed by atoms with Crippen LogP contribution in [0.4, 0.5) is 0 Å². The standard InChI is InChI=1S/C11H23NO3S/c1-2-3-9-11(16(13,14)15)12-10-7-5-4-6-8-10/h10-12H,2-9H2,1H3,(H,13,14,15). The number of rotatable bonds is 6. The number of hydrogen-bond donors (Lipinski definition) is 2. The van der Waals surface area contributed by atoms with Gasteiger partial charge in [-0.05, 0) is 19.3 Å². The van der Waals surface area contributed by atoms with Crippen molar-refractivity contribution in [2.45, 2.75) is 69.7 Å². The van der Waals surface area contributed by atoms with E-state index in [1.165, 1.54) is 6.42 Å². The number of hydrogen-bond acceptors (Lipinski definition) is 3. The molecule has 0 heterocycles. The third-order valence-corrected chi connectivity index (χ3v) is 4.30. The fourth-order valence-electron chi connectivity index (χ4n) is 2.24. The Kier molecular flexibility index (Phi) is 5.72. The lowest BCUT2D eigenvalue weighted by Gasteiger charge is -2.26. The zero-order valence-corrected chi connectivity index (χ0v) is 10.8. The quantitative estimate of drug-likeness (QED) is 0.709. The average molecular weight is 249 g/mol. The number of nitrogens with one attached hydrogen (secondary N) is 1. The van der Waals surface area contributed by atoms with Crippen molar-refractivity contribution in [2.75, 3.05) is 0 Å². The first-order valence-corrected chi connectivity index (χ1v) is 7.76. The first kappa shape index (κ1) is 13.9. The second-order valence-electron chi connectivity index (χ2n) is 4.65. The second kappa shape index (κ2) is 6.57. The zero-order valence-electron chi connectivity index (χ0n) is 9.98. The van der Waals surface area contributed by atoms with Crippen molar-refractivity contribution < 1.29 is 13.0 Å². The van der Waals surface area contributed by atoms with E-state index in [2.05, 4.69) is 5.32 Å². The third-order valence-electron chi connectivity index (χ3n) is 3.21. The van der Waals surface area contributed by atoms with Crippen LogP contribution in [-0.2, 0) is 10.1 Å². The average Bonchev–Trinajstić information content (AvgIpc) is 2.24. The van der Waals surface area contributed by atoms with Gasteiger partial charge in [0.2, 0.25) is 0 Å². The monoisotopic (exact) mass is 249 g/mol. The van der Waals surface area contributed by atoms with E-state index >= 15 is 0 Å². The Morgan fingerprint density at radius 2 is 1.94 bits per heavy atom. The highest BCUT2D eigenvalue weighted by Crippen LogP contribution is 2.19. The lowest BCUT2D eigenvalue weighted by atomic mass is 9.95. The third kappa shape index (κ3) is 4.80. The molecule has 5 heteroatoms. The molecule has 0 saturated heterocycles. The van der Waals surface area contributed by atoms with Gasteiger partial charge in [-0.2, -0.15) is 8.42 Å². The topological polar surface area (TPSA) is 66.4 Å². The Balaban J connectivity index is 2.48. The lowest BCUT2D eigenvalue weighted by Crippen LogP contribution is -2.43. The van der Waals surface area contributed by atoms with Crippen LogP contribution in [0.2, 0.25) is 0 Å². The molecular weight excluding hydrogens is 226 g/mol. The van der Waals surface area contributed by atoms with E-state index < -0.39 is 15.5 Å². The van der Waals surface area contributed by atoms with Crippen LogP contribution in [0.1, 0.15) is 58.3 Å². The summed E-state index contributed by atoms with van der Waals surface area (Å²) in [5, 5.41) is 2.32. The first-order chi connectivity index (χ1) is 7.54. The van der Waals surface area contributed by atoms with Crippen LogP contribution < -0.4 is 5.32 Å². The van der Waals surface area contributed by atoms with Gasteiger partial charge < -0.3 is 0 Å².